The number of allylic oxidation sites excluding steroid dienone is 1. The van der Waals surface area contributed by atoms with Crippen LogP contribution in [0.2, 0.25) is 5.02 Å². The summed E-state index contributed by atoms with van der Waals surface area (Å²) in [5, 5.41) is 16.1. The highest BCUT2D eigenvalue weighted by atomic mass is 35.5. The molecule has 0 spiro atoms. The number of carbonyl (C=O) groups excluding carboxylic acids is 1. The van der Waals surface area contributed by atoms with Crippen molar-refractivity contribution in [3.63, 3.8) is 0 Å². The molecular weight excluding hydrogens is 472 g/mol. The summed E-state index contributed by atoms with van der Waals surface area (Å²) in [6.45, 7) is 9.31. The molecule has 0 aliphatic carbocycles. The number of halogens is 1. The molecule has 1 aromatic heterocycles. The van der Waals surface area contributed by atoms with Crippen molar-refractivity contribution in [3.8, 4) is 5.75 Å². The normalized spacial score (nSPS) is 14.7. The maximum atomic E-state index is 12.6. The zero-order valence-electron chi connectivity index (χ0n) is 20.0. The molecule has 1 aliphatic heterocycles. The maximum absolute atomic E-state index is 12.6. The average molecular weight is 497 g/mol. The Balaban J connectivity index is 1.58. The summed E-state index contributed by atoms with van der Waals surface area (Å²) in [5.74, 6) is -0.524. The number of furan rings is 1. The number of carbonyl (C=O) groups is 1. The fourth-order valence-electron chi connectivity index (χ4n) is 4.48. The number of methoxy groups -OCH3 is 1. The number of rotatable bonds is 6. The summed E-state index contributed by atoms with van der Waals surface area (Å²) in [6, 6.07) is 7.81. The summed E-state index contributed by atoms with van der Waals surface area (Å²) in [5.41, 5.74) is 6.23. The summed E-state index contributed by atoms with van der Waals surface area (Å²) in [7, 11) is 1.37. The fourth-order valence-corrected chi connectivity index (χ4v) is 4.69. The number of non-ortho nitro benzene ring substituents is 1. The van der Waals surface area contributed by atoms with Gasteiger partial charge >= 0.3 is 5.91 Å². The monoisotopic (exact) mass is 496 g/mol. The summed E-state index contributed by atoms with van der Waals surface area (Å²) >= 11 is 6.55. The number of nitro benzene ring substituents is 1. The Morgan fingerprint density at radius 2 is 2.06 bits per heavy atom. The third-order valence-corrected chi connectivity index (χ3v) is 6.33. The van der Waals surface area contributed by atoms with E-state index >= 15 is 0 Å². The standard InChI is InChI=1S/C25H25ClN4O5/c1-6-29-20-11-19(26)16(8-18(20)14(2)12-25(29,3)4)13-27-28-24(31)22-9-15-7-17(30(32)33)10-21(34-5)23(15)35-22/h7-13H,6H2,1-5H3,(H,28,31)/b27-13-. The van der Waals surface area contributed by atoms with E-state index < -0.39 is 10.8 Å². The van der Waals surface area contributed by atoms with Gasteiger partial charge in [-0.2, -0.15) is 5.10 Å². The van der Waals surface area contributed by atoms with Gasteiger partial charge in [0.25, 0.3) is 5.69 Å². The highest BCUT2D eigenvalue weighted by Crippen LogP contribution is 2.41. The third-order valence-electron chi connectivity index (χ3n) is 6.00. The lowest BCUT2D eigenvalue weighted by Gasteiger charge is -2.43. The van der Waals surface area contributed by atoms with E-state index in [2.05, 4.69) is 49.2 Å². The van der Waals surface area contributed by atoms with Crippen LogP contribution in [-0.4, -0.2) is 36.2 Å². The molecule has 0 unspecified atom stereocenters. The van der Waals surface area contributed by atoms with E-state index in [0.29, 0.717) is 16.0 Å². The second-order valence-electron chi connectivity index (χ2n) is 8.75. The van der Waals surface area contributed by atoms with Crippen LogP contribution in [0.25, 0.3) is 16.5 Å². The maximum Gasteiger partial charge on any atom is 0.307 e. The first-order valence-electron chi connectivity index (χ1n) is 11.0. The molecular formula is C25H25ClN4O5. The number of hydrazone groups is 1. The van der Waals surface area contributed by atoms with Crippen LogP contribution < -0.4 is 15.1 Å². The molecule has 9 nitrogen and oxygen atoms in total. The van der Waals surface area contributed by atoms with Crippen LogP contribution in [0.3, 0.4) is 0 Å². The molecule has 1 amide bonds. The van der Waals surface area contributed by atoms with Crippen molar-refractivity contribution in [1.82, 2.24) is 5.43 Å². The van der Waals surface area contributed by atoms with Crippen LogP contribution in [0.4, 0.5) is 11.4 Å². The van der Waals surface area contributed by atoms with Crippen molar-refractivity contribution in [3.05, 3.63) is 68.4 Å². The molecule has 2 heterocycles. The molecule has 0 atom stereocenters. The number of ether oxygens (including phenoxy) is 1. The Morgan fingerprint density at radius 1 is 1.31 bits per heavy atom. The van der Waals surface area contributed by atoms with Crippen LogP contribution >= 0.6 is 11.6 Å². The number of nitro groups is 1. The van der Waals surface area contributed by atoms with Crippen molar-refractivity contribution < 1.29 is 18.9 Å². The Hall–Kier alpha value is -3.85. The summed E-state index contributed by atoms with van der Waals surface area (Å²) < 4.78 is 10.7. The molecule has 0 saturated heterocycles. The zero-order valence-corrected chi connectivity index (χ0v) is 20.8. The quantitative estimate of drug-likeness (QED) is 0.263. The Labute approximate surface area is 207 Å². The van der Waals surface area contributed by atoms with Crippen molar-refractivity contribution in [2.75, 3.05) is 18.6 Å². The van der Waals surface area contributed by atoms with Gasteiger partial charge in [0.1, 0.15) is 0 Å². The number of nitrogens with one attached hydrogen (secondary N) is 1. The first kappa shape index (κ1) is 24.3. The molecule has 182 valence electrons. The number of hydrogen-bond acceptors (Lipinski definition) is 7. The Morgan fingerprint density at radius 3 is 2.71 bits per heavy atom. The predicted octanol–water partition coefficient (Wildman–Crippen LogP) is 5.79. The summed E-state index contributed by atoms with van der Waals surface area (Å²) in [4.78, 5) is 25.5. The zero-order chi connectivity index (χ0) is 25.5. The van der Waals surface area contributed by atoms with E-state index in [1.54, 1.807) is 0 Å². The van der Waals surface area contributed by atoms with Crippen LogP contribution in [0, 0.1) is 10.1 Å². The number of amides is 1. The lowest BCUT2D eigenvalue weighted by molar-refractivity contribution is -0.384. The topological polar surface area (TPSA) is 110 Å². The van der Waals surface area contributed by atoms with Gasteiger partial charge in [-0.05, 0) is 51.5 Å². The first-order valence-corrected chi connectivity index (χ1v) is 11.3. The molecule has 1 aliphatic rings. The second kappa shape index (κ2) is 9.07. The van der Waals surface area contributed by atoms with E-state index in [1.807, 2.05) is 12.1 Å². The molecule has 1 N–H and O–H groups in total. The van der Waals surface area contributed by atoms with Crippen molar-refractivity contribution in [1.29, 1.82) is 0 Å². The van der Waals surface area contributed by atoms with Gasteiger partial charge in [0, 0.05) is 34.8 Å². The van der Waals surface area contributed by atoms with Crippen LogP contribution in [0.5, 0.6) is 5.75 Å². The highest BCUT2D eigenvalue weighted by Gasteiger charge is 2.30. The van der Waals surface area contributed by atoms with Crippen molar-refractivity contribution >= 4 is 51.6 Å². The average Bonchev–Trinajstić information content (AvgIpc) is 3.23. The minimum Gasteiger partial charge on any atom is -0.493 e. The minimum atomic E-state index is -0.619. The van der Waals surface area contributed by atoms with E-state index in [-0.39, 0.29) is 28.3 Å². The first-order chi connectivity index (χ1) is 16.6. The summed E-state index contributed by atoms with van der Waals surface area (Å²) in [6.07, 6.45) is 3.69. The van der Waals surface area contributed by atoms with Gasteiger partial charge < -0.3 is 14.1 Å². The third kappa shape index (κ3) is 4.46. The number of anilines is 1. The molecule has 2 aromatic carbocycles. The van der Waals surface area contributed by atoms with Gasteiger partial charge in [-0.25, -0.2) is 5.43 Å². The number of hydrogen-bond donors (Lipinski definition) is 1. The molecule has 0 fully saturated rings. The van der Waals surface area contributed by atoms with Gasteiger partial charge in [-0.15, -0.1) is 0 Å². The Kier molecular flexibility index (Phi) is 6.29. The van der Waals surface area contributed by atoms with E-state index in [4.69, 9.17) is 20.8 Å². The van der Waals surface area contributed by atoms with Gasteiger partial charge in [0.2, 0.25) is 0 Å². The highest BCUT2D eigenvalue weighted by molar-refractivity contribution is 6.33. The van der Waals surface area contributed by atoms with E-state index in [9.17, 15) is 14.9 Å². The van der Waals surface area contributed by atoms with Gasteiger partial charge in [0.15, 0.2) is 17.1 Å². The lowest BCUT2D eigenvalue weighted by Crippen LogP contribution is -2.44. The smallest absolute Gasteiger partial charge is 0.307 e. The van der Waals surface area contributed by atoms with E-state index in [1.165, 1.54) is 31.5 Å². The fraction of sp³-hybridized carbons (Fsp3) is 0.280. The molecule has 3 aromatic rings. The van der Waals surface area contributed by atoms with Crippen LogP contribution in [0.1, 0.15) is 49.4 Å². The molecule has 0 bridgehead atoms. The minimum absolute atomic E-state index is 0.0629. The van der Waals surface area contributed by atoms with Gasteiger partial charge in [-0.1, -0.05) is 17.7 Å². The second-order valence-corrected chi connectivity index (χ2v) is 9.16. The molecule has 10 heteroatoms. The van der Waals surface area contributed by atoms with E-state index in [0.717, 1.165) is 23.4 Å². The van der Waals surface area contributed by atoms with Crippen molar-refractivity contribution in [2.45, 2.75) is 33.2 Å². The predicted molar refractivity (Wildman–Crippen MR) is 137 cm³/mol. The molecule has 4 rings (SSSR count). The number of fused-ring (bicyclic) bond motifs is 2. The largest absolute Gasteiger partial charge is 0.493 e. The Bertz CT molecular complexity index is 1410. The van der Waals surface area contributed by atoms with Crippen LogP contribution in [0.15, 0.2) is 45.9 Å². The van der Waals surface area contributed by atoms with Gasteiger partial charge in [0.05, 0.1) is 34.9 Å². The molecule has 35 heavy (non-hydrogen) atoms. The molecule has 0 radical (unpaired) electrons. The van der Waals surface area contributed by atoms with Gasteiger partial charge in [-0.3, -0.25) is 14.9 Å². The van der Waals surface area contributed by atoms with Crippen LogP contribution in [-0.2, 0) is 0 Å². The number of benzene rings is 2. The number of likely N-dealkylation sites (N-methyl/N-ethyl adjacent to an activating group) is 1. The van der Waals surface area contributed by atoms with Crippen molar-refractivity contribution in [2.24, 2.45) is 5.10 Å². The number of nitrogens with zero attached hydrogens (tertiary/aromatic N) is 3. The SMILES string of the molecule is CCN1c2cc(Cl)c(/C=N\NC(=O)c3cc4cc([N+](=O)[O-])cc(OC)c4o3)cc2C(C)=CC1(C)C. The lowest BCUT2D eigenvalue weighted by atomic mass is 9.88. The molecule has 0 saturated carbocycles.